The largest absolute Gasteiger partial charge is 0.506 e. The summed E-state index contributed by atoms with van der Waals surface area (Å²) in [4.78, 5) is 19.7. The lowest BCUT2D eigenvalue weighted by molar-refractivity contribution is -0.122. The van der Waals surface area contributed by atoms with Crippen LogP contribution in [0.25, 0.3) is 6.08 Å². The molecule has 0 aromatic heterocycles. The van der Waals surface area contributed by atoms with Crippen LogP contribution in [-0.4, -0.2) is 41.3 Å². The number of carbonyl (C=O) groups is 1. The number of rotatable bonds is 5. The fourth-order valence-electron chi connectivity index (χ4n) is 2.40. The molecule has 1 amide bonds. The zero-order valence-corrected chi connectivity index (χ0v) is 18.3. The van der Waals surface area contributed by atoms with Crippen LogP contribution in [-0.2, 0) is 9.53 Å². The highest BCUT2D eigenvalue weighted by Gasteiger charge is 2.33. The van der Waals surface area contributed by atoms with Crippen molar-refractivity contribution in [3.63, 3.8) is 0 Å². The second-order valence-corrected chi connectivity index (χ2v) is 8.34. The van der Waals surface area contributed by atoms with Gasteiger partial charge in [-0.1, -0.05) is 18.2 Å². The van der Waals surface area contributed by atoms with E-state index in [2.05, 4.69) is 36.9 Å². The van der Waals surface area contributed by atoms with E-state index >= 15 is 0 Å². The number of aromatic hydroxyl groups is 1. The number of halogens is 2. The minimum atomic E-state index is -0.118. The monoisotopic (exact) mass is 510 g/mol. The van der Waals surface area contributed by atoms with Crippen molar-refractivity contribution in [3.05, 3.63) is 61.9 Å². The van der Waals surface area contributed by atoms with Gasteiger partial charge in [0.2, 0.25) is 0 Å². The number of hydrogen-bond donors (Lipinski definition) is 1. The number of methoxy groups -OCH3 is 1. The zero-order chi connectivity index (χ0) is 19.4. The third-order valence-electron chi connectivity index (χ3n) is 3.73. The highest BCUT2D eigenvalue weighted by molar-refractivity contribution is 9.11. The van der Waals surface area contributed by atoms with E-state index in [0.717, 1.165) is 11.3 Å². The van der Waals surface area contributed by atoms with Gasteiger partial charge in [-0.15, -0.1) is 0 Å². The highest BCUT2D eigenvalue weighted by atomic mass is 79.9. The van der Waals surface area contributed by atoms with Gasteiger partial charge >= 0.3 is 0 Å². The van der Waals surface area contributed by atoms with Gasteiger partial charge in [0, 0.05) is 7.11 Å². The van der Waals surface area contributed by atoms with E-state index < -0.39 is 0 Å². The first-order valence-electron chi connectivity index (χ1n) is 8.01. The van der Waals surface area contributed by atoms with Crippen molar-refractivity contribution >= 4 is 66.5 Å². The molecule has 1 N–H and O–H groups in total. The summed E-state index contributed by atoms with van der Waals surface area (Å²) in [7, 11) is 1.60. The quantitative estimate of drug-likeness (QED) is 0.562. The van der Waals surface area contributed by atoms with Crippen molar-refractivity contribution < 1.29 is 14.6 Å². The fourth-order valence-corrected chi connectivity index (χ4v) is 4.65. The molecule has 1 heterocycles. The number of phenolic OH excluding ortho intramolecular Hbond substituents is 1. The smallest absolute Gasteiger partial charge is 0.266 e. The van der Waals surface area contributed by atoms with Crippen LogP contribution < -0.4 is 0 Å². The maximum Gasteiger partial charge on any atom is 0.266 e. The minimum Gasteiger partial charge on any atom is -0.506 e. The van der Waals surface area contributed by atoms with Gasteiger partial charge in [-0.25, -0.2) is 4.99 Å². The molecule has 1 fully saturated rings. The number of amides is 1. The van der Waals surface area contributed by atoms with Crippen molar-refractivity contribution in [3.8, 4) is 5.75 Å². The van der Waals surface area contributed by atoms with E-state index in [0.29, 0.717) is 32.2 Å². The predicted octanol–water partition coefficient (Wildman–Crippen LogP) is 5.17. The summed E-state index contributed by atoms with van der Waals surface area (Å²) < 4.78 is 6.23. The number of nitrogens with zero attached hydrogens (tertiary/aromatic N) is 2. The fraction of sp³-hybridized carbons (Fsp3) is 0.158. The van der Waals surface area contributed by atoms with Crippen LogP contribution >= 0.6 is 43.6 Å². The molecule has 2 aromatic rings. The van der Waals surface area contributed by atoms with Crippen molar-refractivity contribution in [1.29, 1.82) is 0 Å². The van der Waals surface area contributed by atoms with Gasteiger partial charge in [0.1, 0.15) is 5.75 Å². The van der Waals surface area contributed by atoms with Crippen LogP contribution in [0.15, 0.2) is 61.3 Å². The minimum absolute atomic E-state index is 0.118. The number of benzene rings is 2. The maximum absolute atomic E-state index is 12.9. The predicted molar refractivity (Wildman–Crippen MR) is 116 cm³/mol. The third kappa shape index (κ3) is 4.82. The molecule has 5 nitrogen and oxygen atoms in total. The second kappa shape index (κ2) is 9.05. The van der Waals surface area contributed by atoms with E-state index in [-0.39, 0.29) is 11.7 Å². The summed E-state index contributed by atoms with van der Waals surface area (Å²) in [5.74, 6) is 0.00246. The maximum atomic E-state index is 12.9. The molecule has 140 valence electrons. The molecule has 27 heavy (non-hydrogen) atoms. The van der Waals surface area contributed by atoms with Gasteiger partial charge in [0.15, 0.2) is 5.17 Å². The normalized spacial score (nSPS) is 17.3. The van der Waals surface area contributed by atoms with E-state index in [4.69, 9.17) is 4.74 Å². The molecule has 3 rings (SSSR count). The van der Waals surface area contributed by atoms with Crippen molar-refractivity contribution in [2.24, 2.45) is 4.99 Å². The van der Waals surface area contributed by atoms with Gasteiger partial charge in [0.25, 0.3) is 5.91 Å². The summed E-state index contributed by atoms with van der Waals surface area (Å²) in [5, 5.41) is 10.5. The lowest BCUT2D eigenvalue weighted by Gasteiger charge is -2.14. The number of amidine groups is 1. The average Bonchev–Trinajstić information content (AvgIpc) is 2.93. The summed E-state index contributed by atoms with van der Waals surface area (Å²) in [5.41, 5.74) is 1.57. The Labute approximate surface area is 178 Å². The van der Waals surface area contributed by atoms with Gasteiger partial charge in [-0.3, -0.25) is 9.69 Å². The highest BCUT2D eigenvalue weighted by Crippen LogP contribution is 2.37. The molecule has 2 aromatic carbocycles. The number of carbonyl (C=O) groups excluding carboxylic acids is 1. The topological polar surface area (TPSA) is 62.1 Å². The van der Waals surface area contributed by atoms with E-state index in [1.165, 1.54) is 11.8 Å². The molecule has 0 saturated carbocycles. The summed E-state index contributed by atoms with van der Waals surface area (Å²) in [6.45, 7) is 0.845. The summed E-state index contributed by atoms with van der Waals surface area (Å²) in [6, 6.07) is 13.0. The van der Waals surface area contributed by atoms with E-state index in [9.17, 15) is 9.90 Å². The van der Waals surface area contributed by atoms with Crippen LogP contribution in [0.5, 0.6) is 5.75 Å². The molecule has 1 aliphatic rings. The standard InChI is InChI=1S/C19H16Br2N2O3S/c1-26-8-7-23-18(25)16(11-12-9-14(20)17(24)15(21)10-12)27-19(23)22-13-5-3-2-4-6-13/h2-6,9-11,24H,7-8H2,1H3. The first-order chi connectivity index (χ1) is 13.0. The second-order valence-electron chi connectivity index (χ2n) is 5.62. The van der Waals surface area contributed by atoms with Crippen molar-refractivity contribution in [2.75, 3.05) is 20.3 Å². The number of hydrogen-bond acceptors (Lipinski definition) is 5. The summed E-state index contributed by atoms with van der Waals surface area (Å²) >= 11 is 7.95. The van der Waals surface area contributed by atoms with Gasteiger partial charge in [-0.2, -0.15) is 0 Å². The molecule has 0 radical (unpaired) electrons. The molecule has 0 atom stereocenters. The molecular formula is C19H16Br2N2O3S. The van der Waals surface area contributed by atoms with Gasteiger partial charge in [0.05, 0.1) is 32.7 Å². The van der Waals surface area contributed by atoms with Crippen LogP contribution in [0.1, 0.15) is 5.56 Å². The lowest BCUT2D eigenvalue weighted by atomic mass is 10.2. The Kier molecular flexibility index (Phi) is 6.75. The van der Waals surface area contributed by atoms with Crippen LogP contribution in [0.3, 0.4) is 0 Å². The lowest BCUT2D eigenvalue weighted by Crippen LogP contribution is -2.32. The van der Waals surface area contributed by atoms with Gasteiger partial charge < -0.3 is 9.84 Å². The zero-order valence-electron chi connectivity index (χ0n) is 14.4. The number of para-hydroxylation sites is 1. The summed E-state index contributed by atoms with van der Waals surface area (Å²) in [6.07, 6.45) is 1.79. The number of ether oxygens (including phenoxy) is 1. The third-order valence-corrected chi connectivity index (χ3v) is 5.94. The Morgan fingerprint density at radius 1 is 1.22 bits per heavy atom. The molecule has 8 heteroatoms. The van der Waals surface area contributed by atoms with Crippen LogP contribution in [0, 0.1) is 0 Å². The Hall–Kier alpha value is -1.61. The first kappa shape index (κ1) is 20.1. The van der Waals surface area contributed by atoms with Crippen molar-refractivity contribution in [1.82, 2.24) is 4.90 Å². The molecule has 0 unspecified atom stereocenters. The average molecular weight is 512 g/mol. The first-order valence-corrected chi connectivity index (χ1v) is 10.4. The Morgan fingerprint density at radius 2 is 1.89 bits per heavy atom. The number of phenols is 1. The Balaban J connectivity index is 1.95. The Morgan fingerprint density at radius 3 is 2.52 bits per heavy atom. The molecule has 0 aliphatic carbocycles. The molecular weight excluding hydrogens is 496 g/mol. The van der Waals surface area contributed by atoms with E-state index in [1.807, 2.05) is 30.3 Å². The molecule has 0 bridgehead atoms. The van der Waals surface area contributed by atoms with Crippen LogP contribution in [0.2, 0.25) is 0 Å². The van der Waals surface area contributed by atoms with Crippen LogP contribution in [0.4, 0.5) is 5.69 Å². The number of thioether (sulfide) groups is 1. The van der Waals surface area contributed by atoms with Gasteiger partial charge in [-0.05, 0) is 79.5 Å². The van der Waals surface area contributed by atoms with E-state index in [1.54, 1.807) is 30.2 Å². The Bertz CT molecular complexity index is 893. The molecule has 0 spiro atoms. The molecule has 1 saturated heterocycles. The SMILES string of the molecule is COCCN1C(=O)C(=Cc2cc(Br)c(O)c(Br)c2)SC1=Nc1ccccc1. The van der Waals surface area contributed by atoms with Crippen molar-refractivity contribution in [2.45, 2.75) is 0 Å². The molecule has 1 aliphatic heterocycles. The number of aliphatic imine (C=N–C) groups is 1.